The number of anilines is 1. The first-order chi connectivity index (χ1) is 10.0. The Balaban J connectivity index is 1.69. The number of carbonyl (C=O) groups is 1. The molecule has 1 heterocycles. The summed E-state index contributed by atoms with van der Waals surface area (Å²) in [6.45, 7) is 7.38. The van der Waals surface area contributed by atoms with Crippen LogP contribution in [0.3, 0.4) is 0 Å². The van der Waals surface area contributed by atoms with Crippen LogP contribution in [0, 0.1) is 0 Å². The van der Waals surface area contributed by atoms with Crippen molar-refractivity contribution in [3.8, 4) is 0 Å². The standard InChI is InChI=1S/C15H22ClN3O2/c1-11-9-19(10-12(2)21-11)7-6-17-15(20)18-14-5-3-4-13(16)8-14/h3-5,8,11-12H,6-7,9-10H2,1-2H3,(H2,17,18,20)/t11-,12+. The molecule has 1 aliphatic heterocycles. The van der Waals surface area contributed by atoms with Crippen molar-refractivity contribution in [2.45, 2.75) is 26.1 Å². The van der Waals surface area contributed by atoms with Crippen LogP contribution in [-0.2, 0) is 4.74 Å². The molecule has 1 aromatic rings. The van der Waals surface area contributed by atoms with Crippen LogP contribution in [0.4, 0.5) is 10.5 Å². The van der Waals surface area contributed by atoms with Gasteiger partial charge in [-0.15, -0.1) is 0 Å². The zero-order valence-corrected chi connectivity index (χ0v) is 13.2. The zero-order chi connectivity index (χ0) is 15.2. The monoisotopic (exact) mass is 311 g/mol. The van der Waals surface area contributed by atoms with Crippen molar-refractivity contribution in [3.63, 3.8) is 0 Å². The summed E-state index contributed by atoms with van der Waals surface area (Å²) < 4.78 is 5.68. The molecular formula is C15H22ClN3O2. The number of amides is 2. The Morgan fingerprint density at radius 1 is 1.38 bits per heavy atom. The summed E-state index contributed by atoms with van der Waals surface area (Å²) in [5, 5.41) is 6.21. The largest absolute Gasteiger partial charge is 0.373 e. The van der Waals surface area contributed by atoms with Crippen molar-refractivity contribution in [2.75, 3.05) is 31.5 Å². The first kappa shape index (κ1) is 16.1. The van der Waals surface area contributed by atoms with E-state index in [0.717, 1.165) is 19.6 Å². The summed E-state index contributed by atoms with van der Waals surface area (Å²) in [7, 11) is 0. The topological polar surface area (TPSA) is 53.6 Å². The Bertz CT molecular complexity index is 474. The van der Waals surface area contributed by atoms with E-state index >= 15 is 0 Å². The summed E-state index contributed by atoms with van der Waals surface area (Å²) in [5.41, 5.74) is 0.689. The van der Waals surface area contributed by atoms with Crippen molar-refractivity contribution >= 4 is 23.3 Å². The molecule has 0 bridgehead atoms. The quantitative estimate of drug-likeness (QED) is 0.898. The molecule has 21 heavy (non-hydrogen) atoms. The number of morpholine rings is 1. The number of hydrogen-bond acceptors (Lipinski definition) is 3. The van der Waals surface area contributed by atoms with E-state index < -0.39 is 0 Å². The molecule has 1 aliphatic rings. The Morgan fingerprint density at radius 3 is 2.76 bits per heavy atom. The summed E-state index contributed by atoms with van der Waals surface area (Å²) in [5.74, 6) is 0. The second-order valence-corrected chi connectivity index (χ2v) is 5.84. The first-order valence-electron chi connectivity index (χ1n) is 7.21. The number of urea groups is 1. The number of nitrogens with one attached hydrogen (secondary N) is 2. The second kappa shape index (κ2) is 7.64. The third-order valence-electron chi connectivity index (χ3n) is 3.29. The molecule has 0 aromatic heterocycles. The molecule has 0 unspecified atom stereocenters. The molecule has 116 valence electrons. The number of ether oxygens (including phenoxy) is 1. The van der Waals surface area contributed by atoms with E-state index in [1.54, 1.807) is 24.3 Å². The van der Waals surface area contributed by atoms with Gasteiger partial charge < -0.3 is 15.4 Å². The molecule has 1 fully saturated rings. The summed E-state index contributed by atoms with van der Waals surface area (Å²) in [4.78, 5) is 14.1. The number of rotatable bonds is 4. The Hall–Kier alpha value is -1.30. The zero-order valence-electron chi connectivity index (χ0n) is 12.4. The lowest BCUT2D eigenvalue weighted by Crippen LogP contribution is -2.48. The normalized spacial score (nSPS) is 22.8. The van der Waals surface area contributed by atoms with Gasteiger partial charge in [-0.3, -0.25) is 4.90 Å². The van der Waals surface area contributed by atoms with Crippen LogP contribution in [0.5, 0.6) is 0 Å². The second-order valence-electron chi connectivity index (χ2n) is 5.41. The molecular weight excluding hydrogens is 290 g/mol. The van der Waals surface area contributed by atoms with Crippen LogP contribution in [0.15, 0.2) is 24.3 Å². The minimum Gasteiger partial charge on any atom is -0.373 e. The maximum Gasteiger partial charge on any atom is 0.319 e. The minimum absolute atomic E-state index is 0.216. The van der Waals surface area contributed by atoms with Crippen LogP contribution in [0.1, 0.15) is 13.8 Å². The van der Waals surface area contributed by atoms with Crippen molar-refractivity contribution in [1.82, 2.24) is 10.2 Å². The molecule has 2 amide bonds. The molecule has 6 heteroatoms. The molecule has 2 rings (SSSR count). The lowest BCUT2D eigenvalue weighted by molar-refractivity contribution is -0.0672. The van der Waals surface area contributed by atoms with Crippen molar-refractivity contribution in [1.29, 1.82) is 0 Å². The average Bonchev–Trinajstić information content (AvgIpc) is 2.37. The fourth-order valence-electron chi connectivity index (χ4n) is 2.54. The lowest BCUT2D eigenvalue weighted by atomic mass is 10.2. The number of nitrogens with zero attached hydrogens (tertiary/aromatic N) is 1. The lowest BCUT2D eigenvalue weighted by Gasteiger charge is -2.35. The summed E-state index contributed by atoms with van der Waals surface area (Å²) in [6.07, 6.45) is 0.489. The predicted molar refractivity (Wildman–Crippen MR) is 84.9 cm³/mol. The van der Waals surface area contributed by atoms with E-state index in [1.807, 2.05) is 0 Å². The van der Waals surface area contributed by atoms with Crippen molar-refractivity contribution in [2.24, 2.45) is 0 Å². The van der Waals surface area contributed by atoms with Crippen LogP contribution in [0.25, 0.3) is 0 Å². The Kier molecular flexibility index (Phi) is 5.85. The van der Waals surface area contributed by atoms with E-state index in [9.17, 15) is 4.79 Å². The molecule has 0 saturated carbocycles. The van der Waals surface area contributed by atoms with Gasteiger partial charge in [0.2, 0.25) is 0 Å². The van der Waals surface area contributed by atoms with Gasteiger partial charge >= 0.3 is 6.03 Å². The van der Waals surface area contributed by atoms with Crippen LogP contribution in [-0.4, -0.2) is 49.3 Å². The van der Waals surface area contributed by atoms with Gasteiger partial charge in [0.15, 0.2) is 0 Å². The van der Waals surface area contributed by atoms with Crippen LogP contribution >= 0.6 is 11.6 Å². The summed E-state index contributed by atoms with van der Waals surface area (Å²) >= 11 is 5.87. The van der Waals surface area contributed by atoms with E-state index in [-0.39, 0.29) is 18.2 Å². The van der Waals surface area contributed by atoms with E-state index in [1.165, 1.54) is 0 Å². The molecule has 0 aliphatic carbocycles. The van der Waals surface area contributed by atoms with Gasteiger partial charge in [0.1, 0.15) is 0 Å². The molecule has 2 N–H and O–H groups in total. The highest BCUT2D eigenvalue weighted by atomic mass is 35.5. The molecule has 1 aromatic carbocycles. The third kappa shape index (κ3) is 5.53. The third-order valence-corrected chi connectivity index (χ3v) is 3.53. The first-order valence-corrected chi connectivity index (χ1v) is 7.59. The predicted octanol–water partition coefficient (Wildman–Crippen LogP) is 2.57. The smallest absolute Gasteiger partial charge is 0.319 e. The number of carbonyl (C=O) groups excluding carboxylic acids is 1. The molecule has 2 atom stereocenters. The maximum absolute atomic E-state index is 11.8. The van der Waals surface area contributed by atoms with Gasteiger partial charge in [-0.2, -0.15) is 0 Å². The highest BCUT2D eigenvalue weighted by Crippen LogP contribution is 2.14. The fraction of sp³-hybridized carbons (Fsp3) is 0.533. The van der Waals surface area contributed by atoms with E-state index in [0.29, 0.717) is 17.3 Å². The molecule has 0 spiro atoms. The fourth-order valence-corrected chi connectivity index (χ4v) is 2.73. The molecule has 0 radical (unpaired) electrons. The highest BCUT2D eigenvalue weighted by molar-refractivity contribution is 6.30. The van der Waals surface area contributed by atoms with E-state index in [4.69, 9.17) is 16.3 Å². The number of halogens is 1. The van der Waals surface area contributed by atoms with Crippen molar-refractivity contribution in [3.05, 3.63) is 29.3 Å². The van der Waals surface area contributed by atoms with Crippen LogP contribution < -0.4 is 10.6 Å². The van der Waals surface area contributed by atoms with Gasteiger partial charge in [0, 0.05) is 36.9 Å². The summed E-state index contributed by atoms with van der Waals surface area (Å²) in [6, 6.07) is 6.87. The minimum atomic E-state index is -0.216. The van der Waals surface area contributed by atoms with E-state index in [2.05, 4.69) is 29.4 Å². The SMILES string of the molecule is C[C@@H]1CN(CCNC(=O)Nc2cccc(Cl)c2)C[C@H](C)O1. The number of hydrogen-bond donors (Lipinski definition) is 2. The number of benzene rings is 1. The van der Waals surface area contributed by atoms with Gasteiger partial charge in [-0.05, 0) is 32.0 Å². The molecule has 1 saturated heterocycles. The van der Waals surface area contributed by atoms with Crippen LogP contribution in [0.2, 0.25) is 5.02 Å². The van der Waals surface area contributed by atoms with Crippen molar-refractivity contribution < 1.29 is 9.53 Å². The average molecular weight is 312 g/mol. The van der Waals surface area contributed by atoms with Gasteiger partial charge in [0.05, 0.1) is 12.2 Å². The van der Waals surface area contributed by atoms with Gasteiger partial charge in [0.25, 0.3) is 0 Å². The highest BCUT2D eigenvalue weighted by Gasteiger charge is 2.21. The van der Waals surface area contributed by atoms with Gasteiger partial charge in [-0.1, -0.05) is 17.7 Å². The van der Waals surface area contributed by atoms with Gasteiger partial charge in [-0.25, -0.2) is 4.79 Å². The Morgan fingerprint density at radius 2 is 2.10 bits per heavy atom. The molecule has 5 nitrogen and oxygen atoms in total. The maximum atomic E-state index is 11.8. The Labute approximate surface area is 130 Å².